The molecule has 1 aliphatic carbocycles. The van der Waals surface area contributed by atoms with Crippen molar-refractivity contribution < 1.29 is 0 Å². The Kier molecular flexibility index (Phi) is 13.0. The summed E-state index contributed by atoms with van der Waals surface area (Å²) in [5.74, 6) is 0.822. The van der Waals surface area contributed by atoms with Gasteiger partial charge in [0.25, 0.3) is 0 Å². The molecule has 122 valence electrons. The SMILES string of the molecule is CCCCCCC1CCCCCCCCCC1(Br)Br.N. The molecule has 0 radical (unpaired) electrons. The maximum Gasteiger partial charge on any atom is 0.0833 e. The molecule has 0 aliphatic heterocycles. The molecule has 0 heterocycles. The van der Waals surface area contributed by atoms with Crippen LogP contribution >= 0.6 is 31.9 Å². The van der Waals surface area contributed by atoms with Gasteiger partial charge >= 0.3 is 0 Å². The zero-order chi connectivity index (χ0) is 14.0. The maximum absolute atomic E-state index is 4.02. The molecule has 0 aromatic rings. The Morgan fingerprint density at radius 2 is 1.45 bits per heavy atom. The van der Waals surface area contributed by atoms with Crippen LogP contribution in [0.5, 0.6) is 0 Å². The summed E-state index contributed by atoms with van der Waals surface area (Å²) in [7, 11) is 0. The normalized spacial score (nSPS) is 24.4. The van der Waals surface area contributed by atoms with E-state index in [0.717, 1.165) is 5.92 Å². The Morgan fingerprint density at radius 3 is 2.10 bits per heavy atom. The molecule has 0 saturated heterocycles. The van der Waals surface area contributed by atoms with Crippen molar-refractivity contribution in [3.8, 4) is 0 Å². The quantitative estimate of drug-likeness (QED) is 0.363. The third-order valence-electron chi connectivity index (χ3n) is 4.57. The van der Waals surface area contributed by atoms with Crippen molar-refractivity contribution in [2.45, 2.75) is 100 Å². The highest BCUT2D eigenvalue weighted by atomic mass is 79.9. The van der Waals surface area contributed by atoms with E-state index in [1.807, 2.05) is 0 Å². The molecule has 1 fully saturated rings. The van der Waals surface area contributed by atoms with Crippen LogP contribution in [0.3, 0.4) is 0 Å². The zero-order valence-corrected chi connectivity index (χ0v) is 16.6. The van der Waals surface area contributed by atoms with Crippen molar-refractivity contribution in [2.24, 2.45) is 5.92 Å². The predicted octanol–water partition coefficient (Wildman–Crippen LogP) is 7.75. The summed E-state index contributed by atoms with van der Waals surface area (Å²) in [5.41, 5.74) is 0. The van der Waals surface area contributed by atoms with Crippen LogP contribution in [0.15, 0.2) is 0 Å². The molecule has 1 atom stereocenters. The highest BCUT2D eigenvalue weighted by molar-refractivity contribution is 9.25. The molecule has 1 nitrogen and oxygen atoms in total. The summed E-state index contributed by atoms with van der Waals surface area (Å²) < 4.78 is 0.219. The van der Waals surface area contributed by atoms with Crippen LogP contribution in [-0.4, -0.2) is 3.23 Å². The van der Waals surface area contributed by atoms with Crippen molar-refractivity contribution in [2.75, 3.05) is 0 Å². The van der Waals surface area contributed by atoms with E-state index in [4.69, 9.17) is 0 Å². The molecule has 0 aromatic heterocycles. The van der Waals surface area contributed by atoms with Crippen LogP contribution in [0.4, 0.5) is 0 Å². The maximum atomic E-state index is 4.02. The van der Waals surface area contributed by atoms with Gasteiger partial charge in [-0.3, -0.25) is 0 Å². The van der Waals surface area contributed by atoms with Crippen LogP contribution in [0, 0.1) is 5.92 Å². The first kappa shape index (κ1) is 20.9. The number of hydrogen-bond acceptors (Lipinski definition) is 1. The van der Waals surface area contributed by atoms with Gasteiger partial charge in [0.1, 0.15) is 0 Å². The number of hydrogen-bond donors (Lipinski definition) is 1. The summed E-state index contributed by atoms with van der Waals surface area (Å²) in [6.45, 7) is 2.30. The highest BCUT2D eigenvalue weighted by Crippen LogP contribution is 2.45. The second kappa shape index (κ2) is 12.5. The lowest BCUT2D eigenvalue weighted by Crippen LogP contribution is -2.24. The molecular formula is C17H35Br2N. The lowest BCUT2D eigenvalue weighted by Gasteiger charge is -2.31. The van der Waals surface area contributed by atoms with Gasteiger partial charge in [-0.2, -0.15) is 0 Å². The van der Waals surface area contributed by atoms with E-state index in [0.29, 0.717) is 0 Å². The van der Waals surface area contributed by atoms with Gasteiger partial charge in [0.2, 0.25) is 0 Å². The van der Waals surface area contributed by atoms with Crippen molar-refractivity contribution in [1.82, 2.24) is 6.15 Å². The minimum atomic E-state index is 0. The van der Waals surface area contributed by atoms with E-state index < -0.39 is 0 Å². The predicted molar refractivity (Wildman–Crippen MR) is 99.4 cm³/mol. The standard InChI is InChI=1S/C17H32Br2.H3N/c1-2-3-4-10-13-16-14-11-8-6-5-7-9-12-15-17(16,18)19;/h16H,2-15H2,1H3;1H3. The third kappa shape index (κ3) is 9.04. The van der Waals surface area contributed by atoms with Gasteiger partial charge in [-0.25, -0.2) is 0 Å². The van der Waals surface area contributed by atoms with Gasteiger partial charge in [-0.15, -0.1) is 0 Å². The van der Waals surface area contributed by atoms with Crippen LogP contribution in [0.2, 0.25) is 0 Å². The molecule has 0 aromatic carbocycles. The number of rotatable bonds is 5. The van der Waals surface area contributed by atoms with E-state index >= 15 is 0 Å². The second-order valence-corrected chi connectivity index (χ2v) is 10.2. The molecule has 0 amide bonds. The monoisotopic (exact) mass is 411 g/mol. The minimum Gasteiger partial charge on any atom is -0.344 e. The lowest BCUT2D eigenvalue weighted by atomic mass is 9.90. The fraction of sp³-hybridized carbons (Fsp3) is 1.00. The lowest BCUT2D eigenvalue weighted by molar-refractivity contribution is 0.373. The molecule has 0 bridgehead atoms. The Balaban J connectivity index is 0.00000361. The largest absolute Gasteiger partial charge is 0.344 e. The Hall–Kier alpha value is 0.920. The molecule has 3 heteroatoms. The Bertz CT molecular complexity index is 219. The van der Waals surface area contributed by atoms with Crippen LogP contribution in [0.1, 0.15) is 96.8 Å². The molecule has 1 unspecified atom stereocenters. The van der Waals surface area contributed by atoms with Gasteiger partial charge in [-0.1, -0.05) is 109 Å². The summed E-state index contributed by atoms with van der Waals surface area (Å²) >= 11 is 8.03. The topological polar surface area (TPSA) is 35.0 Å². The average molecular weight is 413 g/mol. The molecule has 1 rings (SSSR count). The molecule has 3 N–H and O–H groups in total. The molecule has 1 saturated carbocycles. The first-order valence-corrected chi connectivity index (χ1v) is 10.1. The van der Waals surface area contributed by atoms with E-state index in [9.17, 15) is 0 Å². The minimum absolute atomic E-state index is 0. The zero-order valence-electron chi connectivity index (χ0n) is 13.4. The molecule has 20 heavy (non-hydrogen) atoms. The molecule has 0 spiro atoms. The van der Waals surface area contributed by atoms with Crippen molar-refractivity contribution in [1.29, 1.82) is 0 Å². The summed E-state index contributed by atoms with van der Waals surface area (Å²) in [4.78, 5) is 0. The highest BCUT2D eigenvalue weighted by Gasteiger charge is 2.32. The van der Waals surface area contributed by atoms with Gasteiger partial charge in [0.15, 0.2) is 0 Å². The van der Waals surface area contributed by atoms with E-state index in [2.05, 4.69) is 38.8 Å². The van der Waals surface area contributed by atoms with E-state index in [1.54, 1.807) is 0 Å². The van der Waals surface area contributed by atoms with E-state index in [-0.39, 0.29) is 9.38 Å². The summed E-state index contributed by atoms with van der Waals surface area (Å²) in [6.07, 6.45) is 19.7. The molecule has 1 aliphatic rings. The second-order valence-electron chi connectivity index (χ2n) is 6.32. The van der Waals surface area contributed by atoms with E-state index in [1.165, 1.54) is 89.9 Å². The van der Waals surface area contributed by atoms with Gasteiger partial charge in [0.05, 0.1) is 3.23 Å². The summed E-state index contributed by atoms with van der Waals surface area (Å²) in [6, 6.07) is 0. The number of halogens is 2. The van der Waals surface area contributed by atoms with Gasteiger partial charge in [0, 0.05) is 0 Å². The van der Waals surface area contributed by atoms with Crippen molar-refractivity contribution in [3.63, 3.8) is 0 Å². The Morgan fingerprint density at radius 1 is 0.850 bits per heavy atom. The fourth-order valence-electron chi connectivity index (χ4n) is 3.22. The van der Waals surface area contributed by atoms with Crippen molar-refractivity contribution >= 4 is 31.9 Å². The van der Waals surface area contributed by atoms with Gasteiger partial charge < -0.3 is 6.15 Å². The fourth-order valence-corrected chi connectivity index (χ4v) is 4.70. The number of alkyl halides is 2. The Labute approximate surface area is 143 Å². The smallest absolute Gasteiger partial charge is 0.0833 e. The average Bonchev–Trinajstić information content (AvgIpc) is 2.41. The first-order chi connectivity index (χ1) is 9.17. The first-order valence-electron chi connectivity index (χ1n) is 8.54. The van der Waals surface area contributed by atoms with Crippen LogP contribution in [0.25, 0.3) is 0 Å². The van der Waals surface area contributed by atoms with Crippen LogP contribution in [-0.2, 0) is 0 Å². The van der Waals surface area contributed by atoms with Gasteiger partial charge in [-0.05, 0) is 25.2 Å². The third-order valence-corrected chi connectivity index (χ3v) is 6.65. The molecular weight excluding hydrogens is 378 g/mol. The van der Waals surface area contributed by atoms with Crippen molar-refractivity contribution in [3.05, 3.63) is 0 Å². The summed E-state index contributed by atoms with van der Waals surface area (Å²) in [5, 5.41) is 0. The number of unbranched alkanes of at least 4 members (excludes halogenated alkanes) is 3. The van der Waals surface area contributed by atoms with Crippen LogP contribution < -0.4 is 6.15 Å².